The zero-order chi connectivity index (χ0) is 36.8. The lowest BCUT2D eigenvalue weighted by Gasteiger charge is -2.24. The highest BCUT2D eigenvalue weighted by Gasteiger charge is 2.39. The number of hydrogen-bond acceptors (Lipinski definition) is 1. The van der Waals surface area contributed by atoms with E-state index in [0.717, 1.165) is 11.2 Å². The summed E-state index contributed by atoms with van der Waals surface area (Å²) in [4.78, 5) is 0. The van der Waals surface area contributed by atoms with Crippen LogP contribution in [0.15, 0.2) is 162 Å². The van der Waals surface area contributed by atoms with Crippen molar-refractivity contribution in [2.24, 2.45) is 0 Å². The molecule has 0 atom stereocenters. The average molecular weight is 703 g/mol. The summed E-state index contributed by atoms with van der Waals surface area (Å²) in [5.74, 6) is 0. The topological polar surface area (TPSA) is 13.1 Å². The molecule has 0 amide bonds. The second-order valence-corrected chi connectivity index (χ2v) is 16.8. The quantitative estimate of drug-likeness (QED) is 0.163. The maximum absolute atomic E-state index is 6.67. The van der Waals surface area contributed by atoms with Gasteiger partial charge in [-0.05, 0) is 112 Å². The molecule has 1 heterocycles. The summed E-state index contributed by atoms with van der Waals surface area (Å²) >= 11 is 0. The molecule has 1 aromatic heterocycles. The molecule has 0 N–H and O–H groups in total. The molecule has 1 nitrogen and oxygen atoms in total. The minimum atomic E-state index is -0.195. The molecule has 55 heavy (non-hydrogen) atoms. The molecule has 0 saturated heterocycles. The minimum Gasteiger partial charge on any atom is -0.455 e. The number of benzene rings is 9. The molecule has 2 aliphatic rings. The van der Waals surface area contributed by atoms with E-state index in [1.54, 1.807) is 0 Å². The zero-order valence-electron chi connectivity index (χ0n) is 31.4. The van der Waals surface area contributed by atoms with E-state index in [1.807, 2.05) is 0 Å². The molecule has 260 valence electrons. The van der Waals surface area contributed by atoms with Gasteiger partial charge in [0.05, 0.1) is 0 Å². The van der Waals surface area contributed by atoms with Gasteiger partial charge in [-0.3, -0.25) is 0 Å². The van der Waals surface area contributed by atoms with Crippen molar-refractivity contribution in [1.82, 2.24) is 0 Å². The molecule has 0 fully saturated rings. The van der Waals surface area contributed by atoms with Crippen LogP contribution in [0.5, 0.6) is 0 Å². The van der Waals surface area contributed by atoms with E-state index in [9.17, 15) is 0 Å². The fraction of sp³-hybridized carbons (Fsp3) is 0.111. The summed E-state index contributed by atoms with van der Waals surface area (Å²) in [6.45, 7) is 9.52. The van der Waals surface area contributed by atoms with Gasteiger partial charge in [0.1, 0.15) is 11.2 Å². The SMILES string of the molecule is CC1(C)c2ccccc2-c2c(-c3c4ccccc4c(-c4ccc5c(c4)C(C)(C)c4ccc6ccc7c8ccccc8oc7c6c4-5)c4ccccc34)cccc21. The molecule has 0 unspecified atom stereocenters. The summed E-state index contributed by atoms with van der Waals surface area (Å²) in [6.07, 6.45) is 0. The Balaban J connectivity index is 1.13. The Morgan fingerprint density at radius 2 is 0.927 bits per heavy atom. The molecule has 12 rings (SSSR count). The first-order valence-electron chi connectivity index (χ1n) is 19.5. The first-order chi connectivity index (χ1) is 26.8. The lowest BCUT2D eigenvalue weighted by molar-refractivity contribution is 0.660. The first kappa shape index (κ1) is 31.0. The number of fused-ring (bicyclic) bond motifs is 14. The van der Waals surface area contributed by atoms with E-state index < -0.39 is 0 Å². The fourth-order valence-corrected chi connectivity index (χ4v) is 10.7. The van der Waals surface area contributed by atoms with Crippen molar-refractivity contribution in [3.8, 4) is 44.5 Å². The number of furan rings is 1. The lowest BCUT2D eigenvalue weighted by atomic mass is 9.79. The lowest BCUT2D eigenvalue weighted by Crippen LogP contribution is -2.15. The summed E-state index contributed by atoms with van der Waals surface area (Å²) in [5, 5.41) is 9.90. The number of rotatable bonds is 2. The Hall–Kier alpha value is -6.44. The van der Waals surface area contributed by atoms with Gasteiger partial charge in [-0.15, -0.1) is 0 Å². The van der Waals surface area contributed by atoms with Gasteiger partial charge in [-0.2, -0.15) is 0 Å². The molecule has 9 aromatic carbocycles. The number of hydrogen-bond donors (Lipinski definition) is 0. The van der Waals surface area contributed by atoms with Crippen molar-refractivity contribution in [3.05, 3.63) is 180 Å². The standard InChI is InChI=1S/C54H38O/c1-53(2)42-21-11-9-19-39(42)50-41(20-13-22-43(50)53)49-36-17-7-5-15-34(36)47(35-16-6-8-18-37(35)49)32-25-28-40-45(30-32)54(3,4)44-29-26-31-24-27-38-33-14-10-12-23-46(33)55-52(38)48(31)51(40)44/h5-30H,1-4H3. The van der Waals surface area contributed by atoms with Crippen LogP contribution >= 0.6 is 0 Å². The molecule has 0 radical (unpaired) electrons. The van der Waals surface area contributed by atoms with Crippen molar-refractivity contribution >= 4 is 54.3 Å². The fourth-order valence-electron chi connectivity index (χ4n) is 10.7. The van der Waals surface area contributed by atoms with Gasteiger partial charge < -0.3 is 4.42 Å². The Bertz CT molecular complexity index is 3260. The van der Waals surface area contributed by atoms with E-state index in [-0.39, 0.29) is 10.8 Å². The van der Waals surface area contributed by atoms with E-state index in [0.29, 0.717) is 0 Å². The normalized spacial score (nSPS) is 14.8. The molecule has 1 heteroatoms. The van der Waals surface area contributed by atoms with Gasteiger partial charge in [0.15, 0.2) is 0 Å². The van der Waals surface area contributed by atoms with Crippen LogP contribution in [-0.2, 0) is 10.8 Å². The highest BCUT2D eigenvalue weighted by atomic mass is 16.3. The van der Waals surface area contributed by atoms with E-state index >= 15 is 0 Å². The summed E-state index contributed by atoms with van der Waals surface area (Å²) in [6, 6.07) is 58.9. The molecule has 0 saturated carbocycles. The molecular formula is C54H38O. The van der Waals surface area contributed by atoms with Crippen molar-refractivity contribution in [2.75, 3.05) is 0 Å². The summed E-state index contributed by atoms with van der Waals surface area (Å²) in [7, 11) is 0. The van der Waals surface area contributed by atoms with Crippen molar-refractivity contribution < 1.29 is 4.42 Å². The third-order valence-electron chi connectivity index (χ3n) is 13.3. The zero-order valence-corrected chi connectivity index (χ0v) is 31.4. The Morgan fingerprint density at radius 1 is 0.364 bits per heavy atom. The van der Waals surface area contributed by atoms with Crippen molar-refractivity contribution in [1.29, 1.82) is 0 Å². The van der Waals surface area contributed by atoms with Crippen LogP contribution in [0, 0.1) is 0 Å². The van der Waals surface area contributed by atoms with Crippen molar-refractivity contribution in [3.63, 3.8) is 0 Å². The van der Waals surface area contributed by atoms with Crippen LogP contribution in [-0.4, -0.2) is 0 Å². The smallest absolute Gasteiger partial charge is 0.143 e. The molecule has 0 aliphatic heterocycles. The van der Waals surface area contributed by atoms with E-state index in [4.69, 9.17) is 4.42 Å². The van der Waals surface area contributed by atoms with Gasteiger partial charge in [0, 0.05) is 27.0 Å². The van der Waals surface area contributed by atoms with Crippen LogP contribution in [0.3, 0.4) is 0 Å². The van der Waals surface area contributed by atoms with Crippen LogP contribution in [0.4, 0.5) is 0 Å². The van der Waals surface area contributed by atoms with E-state index in [2.05, 4.69) is 185 Å². The predicted octanol–water partition coefficient (Wildman–Crippen LogP) is 15.0. The van der Waals surface area contributed by atoms with Crippen LogP contribution < -0.4 is 0 Å². The third-order valence-corrected chi connectivity index (χ3v) is 13.3. The van der Waals surface area contributed by atoms with Gasteiger partial charge in [0.2, 0.25) is 0 Å². The van der Waals surface area contributed by atoms with Gasteiger partial charge >= 0.3 is 0 Å². The second-order valence-electron chi connectivity index (χ2n) is 16.8. The predicted molar refractivity (Wildman–Crippen MR) is 232 cm³/mol. The highest BCUT2D eigenvalue weighted by Crippen LogP contribution is 2.57. The Kier molecular flexibility index (Phi) is 5.98. The maximum Gasteiger partial charge on any atom is 0.143 e. The van der Waals surface area contributed by atoms with Gasteiger partial charge in [0.25, 0.3) is 0 Å². The average Bonchev–Trinajstić information content (AvgIpc) is 3.79. The van der Waals surface area contributed by atoms with E-state index in [1.165, 1.54) is 110 Å². The van der Waals surface area contributed by atoms with Crippen LogP contribution in [0.2, 0.25) is 0 Å². The van der Waals surface area contributed by atoms with Crippen molar-refractivity contribution in [2.45, 2.75) is 38.5 Å². The summed E-state index contributed by atoms with van der Waals surface area (Å²) < 4.78 is 6.67. The molecular weight excluding hydrogens is 665 g/mol. The Morgan fingerprint density at radius 3 is 1.69 bits per heavy atom. The van der Waals surface area contributed by atoms with Gasteiger partial charge in [-0.25, -0.2) is 0 Å². The highest BCUT2D eigenvalue weighted by molar-refractivity contribution is 6.24. The van der Waals surface area contributed by atoms with Gasteiger partial charge in [-0.1, -0.05) is 167 Å². The largest absolute Gasteiger partial charge is 0.455 e. The van der Waals surface area contributed by atoms with Crippen LogP contribution in [0.25, 0.3) is 98.8 Å². The second kappa shape index (κ2) is 10.6. The minimum absolute atomic E-state index is 0.0657. The summed E-state index contributed by atoms with van der Waals surface area (Å²) in [5.41, 5.74) is 17.7. The maximum atomic E-state index is 6.67. The number of para-hydroxylation sites is 1. The molecule has 0 spiro atoms. The monoisotopic (exact) mass is 702 g/mol. The Labute approximate surface area is 320 Å². The first-order valence-corrected chi connectivity index (χ1v) is 19.5. The third kappa shape index (κ3) is 3.93. The van der Waals surface area contributed by atoms with Crippen LogP contribution in [0.1, 0.15) is 49.9 Å². The molecule has 2 aliphatic carbocycles. The molecule has 10 aromatic rings. The molecule has 0 bridgehead atoms.